The van der Waals surface area contributed by atoms with Crippen LogP contribution in [0.5, 0.6) is 0 Å². The lowest BCUT2D eigenvalue weighted by atomic mass is 9.87. The van der Waals surface area contributed by atoms with Crippen LogP contribution < -0.4 is 11.1 Å². The van der Waals surface area contributed by atoms with E-state index in [0.717, 1.165) is 40.7 Å². The van der Waals surface area contributed by atoms with Gasteiger partial charge >= 0.3 is 0 Å². The predicted molar refractivity (Wildman–Crippen MR) is 154 cm³/mol. The number of nitrogens with two attached hydrogens (primary N) is 1. The number of benzene rings is 2. The van der Waals surface area contributed by atoms with Crippen molar-refractivity contribution in [3.63, 3.8) is 0 Å². The number of pyridine rings is 1. The van der Waals surface area contributed by atoms with Crippen LogP contribution in [0.15, 0.2) is 60.7 Å². The van der Waals surface area contributed by atoms with E-state index in [1.54, 1.807) is 30.3 Å². The summed E-state index contributed by atoms with van der Waals surface area (Å²) in [5.41, 5.74) is 12.6. The van der Waals surface area contributed by atoms with E-state index in [2.05, 4.69) is 44.3 Å². The molecule has 4 aromatic rings. The number of nitrogens with one attached hydrogen (secondary N) is 1. The summed E-state index contributed by atoms with van der Waals surface area (Å²) in [7, 11) is 0. The number of nitrogens with zero attached hydrogens (tertiary/aromatic N) is 1. The van der Waals surface area contributed by atoms with Gasteiger partial charge in [0.05, 0.1) is 5.69 Å². The molecule has 1 aliphatic carbocycles. The molecule has 0 radical (unpaired) electrons. The van der Waals surface area contributed by atoms with Gasteiger partial charge in [-0.05, 0) is 84.2 Å². The smallest absolute Gasteiger partial charge is 0.267 e. The van der Waals surface area contributed by atoms with Crippen molar-refractivity contribution in [3.05, 3.63) is 93.5 Å². The maximum Gasteiger partial charge on any atom is 0.267 e. The van der Waals surface area contributed by atoms with Gasteiger partial charge in [-0.3, -0.25) is 9.59 Å². The Morgan fingerprint density at radius 3 is 2.54 bits per heavy atom. The second-order valence-corrected chi connectivity index (χ2v) is 11.2. The van der Waals surface area contributed by atoms with Gasteiger partial charge < -0.3 is 11.1 Å². The van der Waals surface area contributed by atoms with Crippen molar-refractivity contribution < 1.29 is 9.59 Å². The Morgan fingerprint density at radius 2 is 1.84 bits per heavy atom. The van der Waals surface area contributed by atoms with E-state index in [0.29, 0.717) is 33.7 Å². The highest BCUT2D eigenvalue weighted by Crippen LogP contribution is 2.36. The summed E-state index contributed by atoms with van der Waals surface area (Å²) in [6.45, 7) is 6.56. The summed E-state index contributed by atoms with van der Waals surface area (Å²) >= 11 is 1.33. The highest BCUT2D eigenvalue weighted by atomic mass is 32.1. The fourth-order valence-electron chi connectivity index (χ4n) is 4.71. The molecule has 0 saturated carbocycles. The van der Waals surface area contributed by atoms with Crippen LogP contribution in [0.4, 0.5) is 11.4 Å². The summed E-state index contributed by atoms with van der Waals surface area (Å²) in [5.74, 6) is 0.746. The zero-order valence-corrected chi connectivity index (χ0v) is 22.2. The molecule has 1 aliphatic rings. The van der Waals surface area contributed by atoms with Crippen LogP contribution in [0.3, 0.4) is 0 Å². The summed E-state index contributed by atoms with van der Waals surface area (Å²) in [4.78, 5) is 31.7. The summed E-state index contributed by atoms with van der Waals surface area (Å²) in [6, 6.07) is 17.2. The van der Waals surface area contributed by atoms with Crippen LogP contribution in [-0.4, -0.2) is 16.7 Å². The Kier molecular flexibility index (Phi) is 6.94. The number of carbonyl (C=O) groups excluding carboxylic acids is 2. The quantitative estimate of drug-likeness (QED) is 0.211. The molecule has 3 N–H and O–H groups in total. The minimum absolute atomic E-state index is 0.0936. The first kappa shape index (κ1) is 24.9. The maximum absolute atomic E-state index is 13.0. The van der Waals surface area contributed by atoms with E-state index >= 15 is 0 Å². The monoisotopic (exact) mass is 509 g/mol. The lowest BCUT2D eigenvalue weighted by Gasteiger charge is -2.20. The maximum atomic E-state index is 13.0. The Balaban J connectivity index is 1.27. The first-order valence-electron chi connectivity index (χ1n) is 12.7. The van der Waals surface area contributed by atoms with Crippen molar-refractivity contribution in [2.24, 2.45) is 5.92 Å². The molecule has 5 nitrogen and oxygen atoms in total. The van der Waals surface area contributed by atoms with Crippen LogP contribution in [-0.2, 0) is 12.8 Å². The van der Waals surface area contributed by atoms with Crippen LogP contribution in [0.25, 0.3) is 16.3 Å². The standard InChI is InChI=1S/C31H31N3O2S/c1-18(2)21-8-5-20(6-9-21)7-15-27(35)22-10-12-24(13-11-22)33-30(36)29-28(32)25-17-23-16-19(3)4-14-26(23)34-31(25)37-29/h5-13,15,17-19H,4,14,16,32H2,1-3H3,(H,33,36)/b15-7+. The van der Waals surface area contributed by atoms with E-state index in [4.69, 9.17) is 10.7 Å². The van der Waals surface area contributed by atoms with E-state index in [-0.39, 0.29) is 11.7 Å². The Labute approximate surface area is 221 Å². The van der Waals surface area contributed by atoms with Gasteiger partial charge in [-0.25, -0.2) is 4.98 Å². The van der Waals surface area contributed by atoms with Gasteiger partial charge in [0.15, 0.2) is 5.78 Å². The topological polar surface area (TPSA) is 85.1 Å². The van der Waals surface area contributed by atoms with Crippen LogP contribution in [0.2, 0.25) is 0 Å². The molecule has 1 amide bonds. The number of aromatic nitrogens is 1. The number of ketones is 1. The second-order valence-electron chi connectivity index (χ2n) is 10.2. The number of nitrogen functional groups attached to an aromatic ring is 1. The third-order valence-electron chi connectivity index (χ3n) is 7.00. The van der Waals surface area contributed by atoms with Crippen LogP contribution >= 0.6 is 11.3 Å². The fourth-order valence-corrected chi connectivity index (χ4v) is 5.70. The molecule has 37 heavy (non-hydrogen) atoms. The zero-order valence-electron chi connectivity index (χ0n) is 21.4. The van der Waals surface area contributed by atoms with Crippen molar-refractivity contribution in [3.8, 4) is 0 Å². The van der Waals surface area contributed by atoms with Crippen molar-refractivity contribution in [1.29, 1.82) is 0 Å². The number of amides is 1. The van der Waals surface area contributed by atoms with Crippen LogP contribution in [0, 0.1) is 5.92 Å². The number of anilines is 2. The molecular formula is C31H31N3O2S. The Bertz CT molecular complexity index is 1500. The molecule has 2 heterocycles. The highest BCUT2D eigenvalue weighted by molar-refractivity contribution is 7.21. The Morgan fingerprint density at radius 1 is 1.11 bits per heavy atom. The molecule has 2 aromatic heterocycles. The molecule has 1 atom stereocenters. The Hall–Kier alpha value is -3.77. The molecular weight excluding hydrogens is 478 g/mol. The number of hydrogen-bond donors (Lipinski definition) is 2. The molecule has 0 aliphatic heterocycles. The SMILES string of the molecule is CC1CCc2nc3sc(C(=O)Nc4ccc(C(=O)/C=C/c5ccc(C(C)C)cc5)cc4)c(N)c3cc2C1. The van der Waals surface area contributed by atoms with Crippen molar-refractivity contribution in [1.82, 2.24) is 4.98 Å². The van der Waals surface area contributed by atoms with Gasteiger partial charge in [-0.2, -0.15) is 0 Å². The minimum Gasteiger partial charge on any atom is -0.397 e. The van der Waals surface area contributed by atoms with Gasteiger partial charge in [0.1, 0.15) is 9.71 Å². The average molecular weight is 510 g/mol. The number of carbonyl (C=O) groups is 2. The summed E-state index contributed by atoms with van der Waals surface area (Å²) in [6.07, 6.45) is 6.50. The average Bonchev–Trinajstić information content (AvgIpc) is 3.22. The number of hydrogen-bond acceptors (Lipinski definition) is 5. The highest BCUT2D eigenvalue weighted by Gasteiger charge is 2.22. The minimum atomic E-state index is -0.268. The van der Waals surface area contributed by atoms with E-state index < -0.39 is 0 Å². The second kappa shape index (κ2) is 10.3. The third kappa shape index (κ3) is 5.35. The molecule has 0 fully saturated rings. The van der Waals surface area contributed by atoms with Crippen molar-refractivity contribution in [2.45, 2.75) is 46.0 Å². The van der Waals surface area contributed by atoms with Crippen molar-refractivity contribution in [2.75, 3.05) is 11.1 Å². The lowest BCUT2D eigenvalue weighted by molar-refractivity contribution is 0.102. The number of allylic oxidation sites excluding steroid dienone is 1. The number of fused-ring (bicyclic) bond motifs is 2. The molecule has 6 heteroatoms. The van der Waals surface area contributed by atoms with E-state index in [1.165, 1.54) is 22.5 Å². The zero-order chi connectivity index (χ0) is 26.1. The number of thiophene rings is 1. The van der Waals surface area contributed by atoms with Gasteiger partial charge in [-0.15, -0.1) is 11.3 Å². The molecule has 188 valence electrons. The predicted octanol–water partition coefficient (Wildman–Crippen LogP) is 7.28. The van der Waals surface area contributed by atoms with Gasteiger partial charge in [0.25, 0.3) is 5.91 Å². The molecule has 0 saturated heterocycles. The largest absolute Gasteiger partial charge is 0.397 e. The van der Waals surface area contributed by atoms with Crippen LogP contribution in [0.1, 0.15) is 75.5 Å². The van der Waals surface area contributed by atoms with E-state index in [9.17, 15) is 9.59 Å². The molecule has 2 aromatic carbocycles. The molecule has 0 spiro atoms. The fraction of sp³-hybridized carbons (Fsp3) is 0.258. The normalized spacial score (nSPS) is 15.3. The molecule has 5 rings (SSSR count). The summed E-state index contributed by atoms with van der Waals surface area (Å²) in [5, 5.41) is 3.77. The first-order chi connectivity index (χ1) is 17.8. The van der Waals surface area contributed by atoms with Gasteiger partial charge in [0, 0.05) is 22.3 Å². The van der Waals surface area contributed by atoms with Gasteiger partial charge in [0.2, 0.25) is 0 Å². The van der Waals surface area contributed by atoms with Crippen molar-refractivity contribution >= 4 is 50.7 Å². The third-order valence-corrected chi connectivity index (χ3v) is 8.11. The van der Waals surface area contributed by atoms with E-state index in [1.807, 2.05) is 18.2 Å². The number of rotatable bonds is 6. The lowest BCUT2D eigenvalue weighted by Crippen LogP contribution is -2.13. The molecule has 0 bridgehead atoms. The summed E-state index contributed by atoms with van der Waals surface area (Å²) < 4.78 is 0. The van der Waals surface area contributed by atoms with Gasteiger partial charge in [-0.1, -0.05) is 51.1 Å². The number of aryl methyl sites for hydroxylation is 1. The first-order valence-corrected chi connectivity index (χ1v) is 13.5. The molecule has 1 unspecified atom stereocenters.